The summed E-state index contributed by atoms with van der Waals surface area (Å²) in [5.74, 6) is -0.480. The van der Waals surface area contributed by atoms with Gasteiger partial charge >= 0.3 is 5.82 Å². The number of hydrogen-bond acceptors (Lipinski definition) is 5. The Labute approximate surface area is 125 Å². The van der Waals surface area contributed by atoms with Crippen LogP contribution in [0.3, 0.4) is 0 Å². The molecule has 0 aliphatic heterocycles. The lowest BCUT2D eigenvalue weighted by Crippen LogP contribution is -2.04. The van der Waals surface area contributed by atoms with Gasteiger partial charge in [-0.25, -0.2) is 0 Å². The maximum Gasteiger partial charge on any atom is 0.408 e. The Hall–Kier alpha value is -2.00. The molecule has 10 heteroatoms. The van der Waals surface area contributed by atoms with Gasteiger partial charge in [0.1, 0.15) is 0 Å². The summed E-state index contributed by atoms with van der Waals surface area (Å²) in [6.45, 7) is 0.0111. The molecule has 2 rings (SSSR count). The first kappa shape index (κ1) is 14.4. The number of rotatable bonds is 4. The summed E-state index contributed by atoms with van der Waals surface area (Å²) in [7, 11) is 0. The molecule has 0 spiro atoms. The minimum absolute atomic E-state index is 0.0111. The highest BCUT2D eigenvalue weighted by Crippen LogP contribution is 2.26. The Kier molecular flexibility index (Phi) is 4.00. The van der Waals surface area contributed by atoms with Crippen molar-refractivity contribution in [2.24, 2.45) is 0 Å². The topological polar surface area (TPSA) is 104 Å². The largest absolute Gasteiger partial charge is 0.408 e. The molecule has 2 aromatic rings. The van der Waals surface area contributed by atoms with Crippen molar-refractivity contribution in [3.63, 3.8) is 0 Å². The molecule has 0 aliphatic rings. The van der Waals surface area contributed by atoms with Gasteiger partial charge in [-0.1, -0.05) is 27.5 Å². The van der Waals surface area contributed by atoms with Crippen LogP contribution < -0.4 is 0 Å². The lowest BCUT2D eigenvalue weighted by molar-refractivity contribution is -0.389. The normalized spacial score (nSPS) is 10.5. The lowest BCUT2D eigenvalue weighted by Gasteiger charge is -2.01. The molecule has 0 N–H and O–H groups in total. The second kappa shape index (κ2) is 5.55. The molecule has 0 aliphatic carbocycles. The Morgan fingerprint density at radius 1 is 1.30 bits per heavy atom. The van der Waals surface area contributed by atoms with Gasteiger partial charge in [0.25, 0.3) is 5.69 Å². The zero-order chi connectivity index (χ0) is 14.9. The van der Waals surface area contributed by atoms with E-state index in [4.69, 9.17) is 11.6 Å². The molecule has 1 heterocycles. The van der Waals surface area contributed by atoms with Gasteiger partial charge in [0.15, 0.2) is 5.02 Å². The number of nitro groups is 2. The van der Waals surface area contributed by atoms with Gasteiger partial charge in [-0.05, 0) is 17.1 Å². The number of nitrogens with zero attached hydrogens (tertiary/aromatic N) is 4. The minimum Gasteiger partial charge on any atom is -0.358 e. The first-order valence-electron chi connectivity index (χ1n) is 5.18. The molecule has 1 aromatic heterocycles. The number of hydrogen-bond donors (Lipinski definition) is 0. The van der Waals surface area contributed by atoms with E-state index in [9.17, 15) is 20.2 Å². The summed E-state index contributed by atoms with van der Waals surface area (Å²) in [5, 5.41) is 25.2. The molecule has 0 amide bonds. The molecule has 0 atom stereocenters. The maximum absolute atomic E-state index is 11.0. The van der Waals surface area contributed by atoms with Gasteiger partial charge in [0, 0.05) is 10.5 Å². The van der Waals surface area contributed by atoms with Crippen LogP contribution in [0.1, 0.15) is 5.56 Å². The fraction of sp³-hybridized carbons (Fsp3) is 0.100. The Morgan fingerprint density at radius 2 is 2.00 bits per heavy atom. The highest BCUT2D eigenvalue weighted by molar-refractivity contribution is 9.10. The third-order valence-corrected chi connectivity index (χ3v) is 3.21. The van der Waals surface area contributed by atoms with Crippen molar-refractivity contribution in [3.05, 3.63) is 59.7 Å². The SMILES string of the molecule is O=[N+]([O-])c1cc(Br)ccc1Cn1cc(Cl)c([N+](=O)[O-])n1. The van der Waals surface area contributed by atoms with Crippen molar-refractivity contribution in [1.82, 2.24) is 9.78 Å². The molecule has 0 saturated heterocycles. The smallest absolute Gasteiger partial charge is 0.358 e. The van der Waals surface area contributed by atoms with Gasteiger partial charge < -0.3 is 10.1 Å². The van der Waals surface area contributed by atoms with Gasteiger partial charge in [-0.3, -0.25) is 10.1 Å². The quantitative estimate of drug-likeness (QED) is 0.614. The monoisotopic (exact) mass is 360 g/mol. The molecule has 104 valence electrons. The van der Waals surface area contributed by atoms with Crippen LogP contribution in [0.5, 0.6) is 0 Å². The molecule has 8 nitrogen and oxygen atoms in total. The molecule has 0 unspecified atom stereocenters. The minimum atomic E-state index is -0.713. The predicted molar refractivity (Wildman–Crippen MR) is 73.8 cm³/mol. The van der Waals surface area contributed by atoms with Crippen molar-refractivity contribution >= 4 is 39.0 Å². The number of halogens is 2. The zero-order valence-corrected chi connectivity index (χ0v) is 12.0. The fourth-order valence-corrected chi connectivity index (χ4v) is 2.18. The molecule has 20 heavy (non-hydrogen) atoms. The van der Waals surface area contributed by atoms with Crippen LogP contribution in [-0.4, -0.2) is 19.6 Å². The van der Waals surface area contributed by atoms with Crippen LogP contribution in [-0.2, 0) is 6.54 Å². The van der Waals surface area contributed by atoms with E-state index in [1.54, 1.807) is 12.1 Å². The van der Waals surface area contributed by atoms with Gasteiger partial charge in [-0.2, -0.15) is 4.68 Å². The molecule has 0 fully saturated rings. The van der Waals surface area contributed by atoms with Crippen molar-refractivity contribution in [2.45, 2.75) is 6.54 Å². The third-order valence-electron chi connectivity index (χ3n) is 2.45. The number of aromatic nitrogens is 2. The van der Waals surface area contributed by atoms with Crippen LogP contribution in [0.15, 0.2) is 28.9 Å². The Balaban J connectivity index is 2.37. The second-order valence-corrected chi connectivity index (χ2v) is 5.11. The van der Waals surface area contributed by atoms with E-state index in [1.165, 1.54) is 16.9 Å². The third kappa shape index (κ3) is 2.94. The number of benzene rings is 1. The standard InChI is InChI=1S/C10H6BrClN4O4/c11-7-2-1-6(9(3-7)15(17)18)4-14-5-8(12)10(13-14)16(19)20/h1-3,5H,4H2. The average molecular weight is 362 g/mol. The summed E-state index contributed by atoms with van der Waals surface area (Å²) in [6.07, 6.45) is 1.26. The van der Waals surface area contributed by atoms with Crippen LogP contribution >= 0.6 is 27.5 Å². The van der Waals surface area contributed by atoms with Gasteiger partial charge in [-0.15, -0.1) is 0 Å². The van der Waals surface area contributed by atoms with Crippen molar-refractivity contribution in [2.75, 3.05) is 0 Å². The first-order valence-corrected chi connectivity index (χ1v) is 6.35. The van der Waals surface area contributed by atoms with E-state index in [-0.39, 0.29) is 17.3 Å². The summed E-state index contributed by atoms with van der Waals surface area (Å²) in [6, 6.07) is 4.54. The Bertz CT molecular complexity index is 703. The summed E-state index contributed by atoms with van der Waals surface area (Å²) >= 11 is 8.81. The van der Waals surface area contributed by atoms with Crippen molar-refractivity contribution < 1.29 is 9.85 Å². The predicted octanol–water partition coefficient (Wildman–Crippen LogP) is 3.16. The first-order chi connectivity index (χ1) is 9.38. The summed E-state index contributed by atoms with van der Waals surface area (Å²) < 4.78 is 1.76. The van der Waals surface area contributed by atoms with E-state index in [2.05, 4.69) is 21.0 Å². The summed E-state index contributed by atoms with van der Waals surface area (Å²) in [4.78, 5) is 20.4. The van der Waals surface area contributed by atoms with Crippen LogP contribution in [0.25, 0.3) is 0 Å². The highest BCUT2D eigenvalue weighted by Gasteiger charge is 2.21. The van der Waals surface area contributed by atoms with Gasteiger partial charge in [0.2, 0.25) is 0 Å². The average Bonchev–Trinajstić information content (AvgIpc) is 2.72. The van der Waals surface area contributed by atoms with E-state index in [0.717, 1.165) is 0 Å². The fourth-order valence-electron chi connectivity index (χ4n) is 1.61. The second-order valence-electron chi connectivity index (χ2n) is 3.79. The maximum atomic E-state index is 11.0. The molecule has 0 saturated carbocycles. The van der Waals surface area contributed by atoms with E-state index >= 15 is 0 Å². The lowest BCUT2D eigenvalue weighted by atomic mass is 10.2. The molecular formula is C10H6BrClN4O4. The Morgan fingerprint density at radius 3 is 2.55 bits per heavy atom. The molecule has 0 bridgehead atoms. The van der Waals surface area contributed by atoms with E-state index < -0.39 is 15.7 Å². The van der Waals surface area contributed by atoms with E-state index in [1.807, 2.05) is 0 Å². The van der Waals surface area contributed by atoms with Crippen LogP contribution in [0.4, 0.5) is 11.5 Å². The molecule has 0 radical (unpaired) electrons. The van der Waals surface area contributed by atoms with Gasteiger partial charge in [0.05, 0.1) is 28.3 Å². The van der Waals surface area contributed by atoms with E-state index in [0.29, 0.717) is 10.0 Å². The molecular weight excluding hydrogens is 355 g/mol. The number of nitro benzene ring substituents is 1. The summed E-state index contributed by atoms with van der Waals surface area (Å²) in [5.41, 5.74) is 0.265. The van der Waals surface area contributed by atoms with Crippen LogP contribution in [0, 0.1) is 20.2 Å². The highest BCUT2D eigenvalue weighted by atomic mass is 79.9. The van der Waals surface area contributed by atoms with Crippen molar-refractivity contribution in [3.8, 4) is 0 Å². The van der Waals surface area contributed by atoms with Crippen molar-refractivity contribution in [1.29, 1.82) is 0 Å². The molecule has 1 aromatic carbocycles. The van der Waals surface area contributed by atoms with Crippen LogP contribution in [0.2, 0.25) is 5.02 Å². The zero-order valence-electron chi connectivity index (χ0n) is 9.69.